The van der Waals surface area contributed by atoms with Gasteiger partial charge in [-0.05, 0) is 33.4 Å². The predicted molar refractivity (Wildman–Crippen MR) is 87.6 cm³/mol. The van der Waals surface area contributed by atoms with Crippen LogP contribution in [0.3, 0.4) is 0 Å². The second-order valence-electron chi connectivity index (χ2n) is 6.88. The van der Waals surface area contributed by atoms with Gasteiger partial charge < -0.3 is 9.80 Å². The molecule has 0 aliphatic carbocycles. The fraction of sp³-hybridized carbons (Fsp3) is 0.625. The van der Waals surface area contributed by atoms with Gasteiger partial charge in [0.2, 0.25) is 0 Å². The first kappa shape index (κ1) is 15.3. The molecule has 2 aliphatic heterocycles. The number of hydrogen-bond donors (Lipinski definition) is 0. The Bertz CT molecular complexity index is 721. The summed E-state index contributed by atoms with van der Waals surface area (Å²) in [5.41, 5.74) is 1.86. The number of aromatic nitrogens is 5. The first-order chi connectivity index (χ1) is 11.6. The molecule has 0 N–H and O–H groups in total. The van der Waals surface area contributed by atoms with E-state index in [1.165, 1.54) is 0 Å². The molecule has 1 saturated heterocycles. The van der Waals surface area contributed by atoms with E-state index in [1.807, 2.05) is 34.6 Å². The zero-order valence-electron chi connectivity index (χ0n) is 14.2. The highest BCUT2D eigenvalue weighted by molar-refractivity contribution is 5.95. The lowest BCUT2D eigenvalue weighted by Gasteiger charge is -2.24. The quantitative estimate of drug-likeness (QED) is 0.817. The van der Waals surface area contributed by atoms with Gasteiger partial charge in [0.15, 0.2) is 0 Å². The van der Waals surface area contributed by atoms with E-state index in [1.54, 1.807) is 12.4 Å². The molecular formula is C16H23N7O. The molecule has 8 nitrogen and oxygen atoms in total. The van der Waals surface area contributed by atoms with Crippen LogP contribution in [0, 0.1) is 0 Å². The number of carbonyl (C=O) groups is 1. The molecule has 0 aromatic carbocycles. The summed E-state index contributed by atoms with van der Waals surface area (Å²) in [5.74, 6) is 0.0904. The lowest BCUT2D eigenvalue weighted by atomic mass is 10.1. The third-order valence-corrected chi connectivity index (χ3v) is 5.20. The molecule has 128 valence electrons. The second kappa shape index (κ2) is 6.01. The average molecular weight is 329 g/mol. The number of fused-ring (bicyclic) bond motifs is 1. The van der Waals surface area contributed by atoms with E-state index in [9.17, 15) is 4.79 Å². The average Bonchev–Trinajstić information content (AvgIpc) is 3.31. The van der Waals surface area contributed by atoms with Crippen LogP contribution < -0.4 is 0 Å². The Balaban J connectivity index is 1.58. The lowest BCUT2D eigenvalue weighted by molar-refractivity contribution is 0.0779. The van der Waals surface area contributed by atoms with Crippen molar-refractivity contribution in [1.82, 2.24) is 34.6 Å². The van der Waals surface area contributed by atoms with Gasteiger partial charge in [0, 0.05) is 25.8 Å². The largest absolute Gasteiger partial charge is 0.335 e. The summed E-state index contributed by atoms with van der Waals surface area (Å²) in [6.45, 7) is 2.27. The van der Waals surface area contributed by atoms with E-state index in [0.717, 1.165) is 37.1 Å². The van der Waals surface area contributed by atoms with Gasteiger partial charge in [0.1, 0.15) is 0 Å². The molecule has 1 amide bonds. The zero-order valence-corrected chi connectivity index (χ0v) is 14.2. The minimum atomic E-state index is 0.0904. The summed E-state index contributed by atoms with van der Waals surface area (Å²) in [5, 5.41) is 12.5. The minimum Gasteiger partial charge on any atom is -0.335 e. The maximum Gasteiger partial charge on any atom is 0.257 e. The van der Waals surface area contributed by atoms with Crippen LogP contribution in [-0.4, -0.2) is 73.7 Å². The summed E-state index contributed by atoms with van der Waals surface area (Å²) in [4.78, 5) is 17.2. The van der Waals surface area contributed by atoms with Crippen molar-refractivity contribution >= 4 is 5.91 Å². The monoisotopic (exact) mass is 329 g/mol. The summed E-state index contributed by atoms with van der Waals surface area (Å²) in [6.07, 6.45) is 8.52. The predicted octanol–water partition coefficient (Wildman–Crippen LogP) is 0.438. The SMILES string of the molecule is CN(C)[C@@H]1CN(C(=O)c2cnn3c2CCCC3)C[C@@H]1n1ccnn1. The topological polar surface area (TPSA) is 72.1 Å². The van der Waals surface area contributed by atoms with Crippen molar-refractivity contribution in [2.75, 3.05) is 27.2 Å². The molecule has 0 unspecified atom stereocenters. The molecule has 0 radical (unpaired) electrons. The van der Waals surface area contributed by atoms with Gasteiger partial charge in [-0.3, -0.25) is 9.48 Å². The number of nitrogens with zero attached hydrogens (tertiary/aromatic N) is 7. The van der Waals surface area contributed by atoms with Crippen LogP contribution in [0.5, 0.6) is 0 Å². The molecule has 24 heavy (non-hydrogen) atoms. The highest BCUT2D eigenvalue weighted by Gasteiger charge is 2.39. The maximum atomic E-state index is 13.1. The van der Waals surface area contributed by atoms with Crippen molar-refractivity contribution in [1.29, 1.82) is 0 Å². The van der Waals surface area contributed by atoms with E-state index in [4.69, 9.17) is 0 Å². The van der Waals surface area contributed by atoms with Gasteiger partial charge in [-0.15, -0.1) is 5.10 Å². The van der Waals surface area contributed by atoms with Crippen LogP contribution in [0.4, 0.5) is 0 Å². The van der Waals surface area contributed by atoms with Gasteiger partial charge in [-0.25, -0.2) is 4.68 Å². The second-order valence-corrected chi connectivity index (χ2v) is 6.88. The van der Waals surface area contributed by atoms with Crippen molar-refractivity contribution in [3.05, 3.63) is 29.8 Å². The molecule has 2 aromatic heterocycles. The smallest absolute Gasteiger partial charge is 0.257 e. The Morgan fingerprint density at radius 3 is 2.92 bits per heavy atom. The van der Waals surface area contributed by atoms with Crippen LogP contribution in [0.15, 0.2) is 18.6 Å². The molecule has 2 atom stereocenters. The van der Waals surface area contributed by atoms with E-state index in [0.29, 0.717) is 13.1 Å². The van der Waals surface area contributed by atoms with Gasteiger partial charge in [0.05, 0.1) is 35.7 Å². The molecule has 2 aromatic rings. The van der Waals surface area contributed by atoms with Crippen molar-refractivity contribution in [2.45, 2.75) is 37.9 Å². The molecule has 0 spiro atoms. The fourth-order valence-electron chi connectivity index (χ4n) is 3.87. The first-order valence-electron chi connectivity index (χ1n) is 8.51. The maximum absolute atomic E-state index is 13.1. The highest BCUT2D eigenvalue weighted by atomic mass is 16.2. The van der Waals surface area contributed by atoms with Gasteiger partial charge in [-0.2, -0.15) is 5.10 Å². The number of hydrogen-bond acceptors (Lipinski definition) is 5. The van der Waals surface area contributed by atoms with Crippen LogP contribution >= 0.6 is 0 Å². The first-order valence-corrected chi connectivity index (χ1v) is 8.51. The highest BCUT2D eigenvalue weighted by Crippen LogP contribution is 2.27. The summed E-state index contributed by atoms with van der Waals surface area (Å²) in [6, 6.07) is 0.347. The Morgan fingerprint density at radius 2 is 2.17 bits per heavy atom. The van der Waals surface area contributed by atoms with Gasteiger partial charge >= 0.3 is 0 Å². The Kier molecular flexibility index (Phi) is 3.84. The van der Waals surface area contributed by atoms with Gasteiger partial charge in [-0.1, -0.05) is 5.21 Å². The third kappa shape index (κ3) is 2.50. The molecule has 0 bridgehead atoms. The van der Waals surface area contributed by atoms with Crippen molar-refractivity contribution in [2.24, 2.45) is 0 Å². The number of carbonyl (C=O) groups excluding carboxylic acids is 1. The lowest BCUT2D eigenvalue weighted by Crippen LogP contribution is -2.37. The molecule has 0 saturated carbocycles. The normalized spacial score (nSPS) is 23.7. The molecule has 1 fully saturated rings. The van der Waals surface area contributed by atoms with Crippen LogP contribution in [0.2, 0.25) is 0 Å². The summed E-state index contributed by atoms with van der Waals surface area (Å²) >= 11 is 0. The van der Waals surface area contributed by atoms with Crippen molar-refractivity contribution in [3.8, 4) is 0 Å². The van der Waals surface area contributed by atoms with E-state index < -0.39 is 0 Å². The number of rotatable bonds is 3. The summed E-state index contributed by atoms with van der Waals surface area (Å²) < 4.78 is 3.86. The van der Waals surface area contributed by atoms with Gasteiger partial charge in [0.25, 0.3) is 5.91 Å². The standard InChI is InChI=1S/C16H23N7O/c1-20(2)14-10-21(11-15(14)23-8-6-17-19-23)16(24)12-9-18-22-7-4-3-5-13(12)22/h6,8-9,14-15H,3-5,7,10-11H2,1-2H3/t14-,15+/m1/s1. The molecule has 8 heteroatoms. The van der Waals surface area contributed by atoms with Crippen LogP contribution in [-0.2, 0) is 13.0 Å². The fourth-order valence-corrected chi connectivity index (χ4v) is 3.87. The van der Waals surface area contributed by atoms with Crippen molar-refractivity contribution in [3.63, 3.8) is 0 Å². The zero-order chi connectivity index (χ0) is 16.7. The van der Waals surface area contributed by atoms with E-state index in [2.05, 4.69) is 20.3 Å². The molecular weight excluding hydrogens is 306 g/mol. The van der Waals surface area contributed by atoms with E-state index in [-0.39, 0.29) is 18.0 Å². The molecule has 4 heterocycles. The third-order valence-electron chi connectivity index (χ3n) is 5.20. The van der Waals surface area contributed by atoms with Crippen molar-refractivity contribution < 1.29 is 4.79 Å². The minimum absolute atomic E-state index is 0.0904. The van der Waals surface area contributed by atoms with E-state index >= 15 is 0 Å². The number of likely N-dealkylation sites (tertiary alicyclic amines) is 1. The van der Waals surface area contributed by atoms with Crippen LogP contribution in [0.1, 0.15) is 34.9 Å². The van der Waals surface area contributed by atoms with Crippen LogP contribution in [0.25, 0.3) is 0 Å². The molecule has 2 aliphatic rings. The Morgan fingerprint density at radius 1 is 1.29 bits per heavy atom. The Hall–Kier alpha value is -2.22. The number of amides is 1. The summed E-state index contributed by atoms with van der Waals surface area (Å²) in [7, 11) is 4.09. The molecule has 4 rings (SSSR count). The number of likely N-dealkylation sites (N-methyl/N-ethyl adjacent to an activating group) is 1. The number of aryl methyl sites for hydroxylation is 1. The Labute approximate surface area is 141 Å².